The Morgan fingerprint density at radius 1 is 1.24 bits per heavy atom. The van der Waals surface area contributed by atoms with Gasteiger partial charge in [-0.15, -0.1) is 0 Å². The summed E-state index contributed by atoms with van der Waals surface area (Å²) in [5.41, 5.74) is 8.74. The number of rotatable bonds is 7. The highest BCUT2D eigenvalue weighted by molar-refractivity contribution is 7.87. The average Bonchev–Trinajstić information content (AvgIpc) is 2.85. The number of carboxylic acids is 2. The summed E-state index contributed by atoms with van der Waals surface area (Å²) in [6.07, 6.45) is -4.63. The molecule has 1 aliphatic rings. The number of amides is 2. The molecule has 0 bridgehead atoms. The fourth-order valence-electron chi connectivity index (χ4n) is 2.41. The van der Waals surface area contributed by atoms with Gasteiger partial charge in [0.05, 0.1) is 0 Å². The number of primary amides is 1. The minimum Gasteiger partial charge on any atom is -0.480 e. The second-order valence-corrected chi connectivity index (χ2v) is 7.69. The molecular weight excluding hydrogens is 432 g/mol. The number of aliphatic carboxylic acids is 2. The quantitative estimate of drug-likeness (QED) is 0.201. The largest absolute Gasteiger partial charge is 0.490 e. The molecule has 1 heterocycles. The number of halogens is 3. The van der Waals surface area contributed by atoms with Gasteiger partial charge in [-0.2, -0.15) is 25.9 Å². The van der Waals surface area contributed by atoms with Crippen molar-refractivity contribution in [2.24, 2.45) is 17.4 Å². The van der Waals surface area contributed by atoms with Crippen molar-refractivity contribution < 1.29 is 56.2 Å². The number of urea groups is 1. The molecule has 29 heavy (non-hydrogen) atoms. The van der Waals surface area contributed by atoms with E-state index in [0.717, 1.165) is 4.31 Å². The molecule has 1 aliphatic heterocycles. The summed E-state index contributed by atoms with van der Waals surface area (Å²) >= 11 is 0. The average molecular weight is 452 g/mol. The smallest absolute Gasteiger partial charge is 0.480 e. The Morgan fingerprint density at radius 2 is 1.72 bits per heavy atom. The zero-order valence-corrected chi connectivity index (χ0v) is 15.5. The van der Waals surface area contributed by atoms with E-state index in [1.54, 1.807) is 4.72 Å². The van der Waals surface area contributed by atoms with Gasteiger partial charge in [-0.25, -0.2) is 14.3 Å². The van der Waals surface area contributed by atoms with Crippen LogP contribution in [0.3, 0.4) is 0 Å². The molecule has 0 radical (unpaired) electrons. The maximum absolute atomic E-state index is 11.9. The van der Waals surface area contributed by atoms with Crippen molar-refractivity contribution in [3.8, 4) is 0 Å². The number of alkyl halides is 3. The molecule has 0 saturated carbocycles. The van der Waals surface area contributed by atoms with Crippen molar-refractivity contribution in [2.75, 3.05) is 13.1 Å². The van der Waals surface area contributed by atoms with Crippen LogP contribution in [0.5, 0.6) is 0 Å². The van der Waals surface area contributed by atoms with Gasteiger partial charge < -0.3 is 31.7 Å². The lowest BCUT2D eigenvalue weighted by Crippen LogP contribution is -2.55. The van der Waals surface area contributed by atoms with Gasteiger partial charge in [0.25, 0.3) is 0 Å². The fourth-order valence-corrected chi connectivity index (χ4v) is 3.55. The minimum absolute atomic E-state index is 0.0124. The summed E-state index contributed by atoms with van der Waals surface area (Å²) < 4.78 is 57.8. The number of carbonyl (C=O) groups is 3. The molecule has 9 N–H and O–H groups in total. The Bertz CT molecular complexity index is 721. The Hall–Kier alpha value is -2.15. The van der Waals surface area contributed by atoms with E-state index in [2.05, 4.69) is 0 Å². The highest BCUT2D eigenvalue weighted by atomic mass is 32.2. The topological polar surface area (TPSA) is 234 Å². The van der Waals surface area contributed by atoms with Gasteiger partial charge in [-0.1, -0.05) is 6.42 Å². The van der Waals surface area contributed by atoms with E-state index < -0.39 is 59.5 Å². The van der Waals surface area contributed by atoms with E-state index in [4.69, 9.17) is 31.4 Å². The predicted octanol–water partition coefficient (Wildman–Crippen LogP) is -2.50. The first-order valence-corrected chi connectivity index (χ1v) is 9.13. The summed E-state index contributed by atoms with van der Waals surface area (Å²) in [6.45, 7) is -0.732. The molecule has 0 aliphatic carbocycles. The molecule has 1 fully saturated rings. The fraction of sp³-hybridized carbons (Fsp3) is 0.727. The van der Waals surface area contributed by atoms with Gasteiger partial charge in [0.15, 0.2) is 0 Å². The van der Waals surface area contributed by atoms with E-state index >= 15 is 0 Å². The maximum atomic E-state index is 11.9. The zero-order valence-electron chi connectivity index (χ0n) is 14.7. The molecule has 13 nitrogen and oxygen atoms in total. The van der Waals surface area contributed by atoms with Gasteiger partial charge in [0.1, 0.15) is 5.54 Å². The molecule has 0 aromatic rings. The van der Waals surface area contributed by atoms with Crippen molar-refractivity contribution >= 4 is 35.3 Å². The molecule has 0 unspecified atom stereocenters. The standard InChI is InChI=1S/C9H19BN4O7S.C2HF3O2/c11-8(17)13-22(20,21)14-4-6(2-1-3-10(18)19)9(12,5-14)7(15)16;3-2(4,5)1(6)7/h6,18-19H,1-5,12H2,(H,15,16)(H3,11,13,17);(H,6,7)/t6-,9-;/m1./s1. The summed E-state index contributed by atoms with van der Waals surface area (Å²) in [6, 6.07) is -1.29. The predicted molar refractivity (Wildman–Crippen MR) is 89.2 cm³/mol. The van der Waals surface area contributed by atoms with Crippen LogP contribution in [0.4, 0.5) is 18.0 Å². The third kappa shape index (κ3) is 8.40. The van der Waals surface area contributed by atoms with Crippen LogP contribution < -0.4 is 16.2 Å². The molecule has 2 atom stereocenters. The molecule has 0 spiro atoms. The first-order chi connectivity index (χ1) is 12.9. The van der Waals surface area contributed by atoms with Crippen molar-refractivity contribution in [2.45, 2.75) is 30.9 Å². The number of carbonyl (C=O) groups excluding carboxylic acids is 1. The number of nitrogens with one attached hydrogen (secondary N) is 1. The van der Waals surface area contributed by atoms with Gasteiger partial charge in [0, 0.05) is 19.0 Å². The lowest BCUT2D eigenvalue weighted by molar-refractivity contribution is -0.192. The van der Waals surface area contributed by atoms with Crippen LogP contribution in [0.2, 0.25) is 6.32 Å². The number of nitrogens with two attached hydrogens (primary N) is 2. The van der Waals surface area contributed by atoms with E-state index in [9.17, 15) is 36.3 Å². The first-order valence-electron chi connectivity index (χ1n) is 7.69. The van der Waals surface area contributed by atoms with Crippen LogP contribution in [-0.2, 0) is 19.8 Å². The van der Waals surface area contributed by atoms with Crippen LogP contribution >= 0.6 is 0 Å². The normalized spacial score (nSPS) is 22.3. The Balaban J connectivity index is 0.000000956. The Kier molecular flexibility index (Phi) is 9.31. The van der Waals surface area contributed by atoms with Crippen molar-refractivity contribution in [1.29, 1.82) is 0 Å². The van der Waals surface area contributed by atoms with E-state index in [0.29, 0.717) is 0 Å². The van der Waals surface area contributed by atoms with Crippen molar-refractivity contribution in [3.63, 3.8) is 0 Å². The Morgan fingerprint density at radius 3 is 2.07 bits per heavy atom. The zero-order chi connectivity index (χ0) is 23.2. The molecule has 0 aromatic carbocycles. The highest BCUT2D eigenvalue weighted by Gasteiger charge is 2.52. The third-order valence-corrected chi connectivity index (χ3v) is 5.23. The maximum Gasteiger partial charge on any atom is 0.490 e. The van der Waals surface area contributed by atoms with Crippen LogP contribution in [0.25, 0.3) is 0 Å². The number of carboxylic acid groups (broad SMARTS) is 2. The summed E-state index contributed by atoms with van der Waals surface area (Å²) in [5.74, 6) is -4.88. The van der Waals surface area contributed by atoms with E-state index in [1.165, 1.54) is 0 Å². The number of nitrogens with zero attached hydrogens (tertiary/aromatic N) is 1. The number of hydrogen-bond donors (Lipinski definition) is 7. The summed E-state index contributed by atoms with van der Waals surface area (Å²) in [4.78, 5) is 31.0. The summed E-state index contributed by atoms with van der Waals surface area (Å²) in [5, 5.41) is 34.0. The highest BCUT2D eigenvalue weighted by Crippen LogP contribution is 2.31. The third-order valence-electron chi connectivity index (χ3n) is 3.82. The number of hydrogen-bond acceptors (Lipinski definition) is 8. The monoisotopic (exact) mass is 452 g/mol. The Labute approximate surface area is 162 Å². The van der Waals surface area contributed by atoms with Crippen LogP contribution in [-0.4, -0.2) is 82.9 Å². The second kappa shape index (κ2) is 10.1. The van der Waals surface area contributed by atoms with Crippen LogP contribution in [0.15, 0.2) is 0 Å². The molecule has 0 aromatic heterocycles. The molecule has 18 heteroatoms. The molecule has 1 saturated heterocycles. The second-order valence-electron chi connectivity index (χ2n) is 6.02. The van der Waals surface area contributed by atoms with Crippen molar-refractivity contribution in [1.82, 2.24) is 9.03 Å². The van der Waals surface area contributed by atoms with E-state index in [-0.39, 0.29) is 25.7 Å². The first kappa shape index (κ1) is 26.9. The molecule has 1 rings (SSSR count). The van der Waals surface area contributed by atoms with Gasteiger partial charge >= 0.3 is 41.5 Å². The van der Waals surface area contributed by atoms with Gasteiger partial charge in [-0.3, -0.25) is 4.79 Å². The van der Waals surface area contributed by atoms with Crippen LogP contribution in [0, 0.1) is 5.92 Å². The summed E-state index contributed by atoms with van der Waals surface area (Å²) in [7, 11) is -5.80. The van der Waals surface area contributed by atoms with Crippen LogP contribution in [0.1, 0.15) is 12.8 Å². The van der Waals surface area contributed by atoms with Gasteiger partial charge in [0.2, 0.25) is 0 Å². The lowest BCUT2D eigenvalue weighted by atomic mass is 9.78. The SMILES string of the molecule is NC(=O)NS(=O)(=O)N1C[C@@H](CCCB(O)O)[C@@](N)(C(=O)O)C1.O=C(O)C(F)(F)F. The van der Waals surface area contributed by atoms with Gasteiger partial charge in [-0.05, 0) is 12.7 Å². The lowest BCUT2D eigenvalue weighted by Gasteiger charge is -2.25. The molecule has 2 amide bonds. The van der Waals surface area contributed by atoms with Crippen molar-refractivity contribution in [3.05, 3.63) is 0 Å². The molecule has 168 valence electrons. The van der Waals surface area contributed by atoms with E-state index in [1.807, 2.05) is 0 Å². The minimum atomic E-state index is -5.08. The molecular formula is C11H20BF3N4O9S.